The number of nitrogens with one attached hydrogen (secondary N) is 1. The molecule has 0 radical (unpaired) electrons. The molecule has 1 aromatic heterocycles. The molecule has 0 saturated carbocycles. The third-order valence-corrected chi connectivity index (χ3v) is 2.95. The Labute approximate surface area is 98.1 Å². The van der Waals surface area contributed by atoms with Gasteiger partial charge in [0.25, 0.3) is 0 Å². The summed E-state index contributed by atoms with van der Waals surface area (Å²) in [7, 11) is 1.62. The SMILES string of the molecule is COc1ccc(NCc2nccs2)c(N)c1. The Morgan fingerprint density at radius 3 is 3.00 bits per heavy atom. The number of thiazole rings is 1. The van der Waals surface area contributed by atoms with Crippen LogP contribution in [0.3, 0.4) is 0 Å². The fourth-order valence-corrected chi connectivity index (χ4v) is 1.90. The number of ether oxygens (including phenoxy) is 1. The van der Waals surface area contributed by atoms with Crippen molar-refractivity contribution in [1.29, 1.82) is 0 Å². The monoisotopic (exact) mass is 235 g/mol. The van der Waals surface area contributed by atoms with E-state index in [4.69, 9.17) is 10.5 Å². The van der Waals surface area contributed by atoms with E-state index in [1.165, 1.54) is 0 Å². The summed E-state index contributed by atoms with van der Waals surface area (Å²) in [5, 5.41) is 6.22. The Kier molecular flexibility index (Phi) is 3.26. The first-order valence-corrected chi connectivity index (χ1v) is 5.73. The van der Waals surface area contributed by atoms with Gasteiger partial charge < -0.3 is 15.8 Å². The van der Waals surface area contributed by atoms with E-state index in [1.807, 2.05) is 17.5 Å². The van der Waals surface area contributed by atoms with Crippen molar-refractivity contribution in [2.75, 3.05) is 18.2 Å². The summed E-state index contributed by atoms with van der Waals surface area (Å²) >= 11 is 1.62. The van der Waals surface area contributed by atoms with Gasteiger partial charge in [0, 0.05) is 17.6 Å². The van der Waals surface area contributed by atoms with Crippen LogP contribution in [0, 0.1) is 0 Å². The standard InChI is InChI=1S/C11H13N3OS/c1-15-8-2-3-10(9(12)6-8)14-7-11-13-4-5-16-11/h2-6,14H,7,12H2,1H3. The smallest absolute Gasteiger partial charge is 0.121 e. The molecule has 84 valence electrons. The molecule has 2 rings (SSSR count). The predicted octanol–water partition coefficient (Wildman–Crippen LogP) is 2.35. The van der Waals surface area contributed by atoms with Gasteiger partial charge in [-0.15, -0.1) is 11.3 Å². The Bertz CT molecular complexity index is 456. The second-order valence-electron chi connectivity index (χ2n) is 3.23. The first-order chi connectivity index (χ1) is 7.79. The lowest BCUT2D eigenvalue weighted by atomic mass is 10.2. The number of aromatic nitrogens is 1. The van der Waals surface area contributed by atoms with Crippen LogP contribution in [0.25, 0.3) is 0 Å². The Hall–Kier alpha value is -1.75. The zero-order valence-corrected chi connectivity index (χ0v) is 9.75. The van der Waals surface area contributed by atoms with Crippen molar-refractivity contribution in [1.82, 2.24) is 4.98 Å². The molecule has 0 aliphatic heterocycles. The van der Waals surface area contributed by atoms with E-state index in [0.29, 0.717) is 12.2 Å². The molecule has 2 aromatic rings. The fourth-order valence-electron chi connectivity index (χ4n) is 1.34. The van der Waals surface area contributed by atoms with E-state index in [9.17, 15) is 0 Å². The van der Waals surface area contributed by atoms with Gasteiger partial charge in [-0.1, -0.05) is 0 Å². The van der Waals surface area contributed by atoms with Crippen LogP contribution in [0.1, 0.15) is 5.01 Å². The van der Waals surface area contributed by atoms with Crippen molar-refractivity contribution in [3.05, 3.63) is 34.8 Å². The summed E-state index contributed by atoms with van der Waals surface area (Å²) in [6, 6.07) is 5.58. The topological polar surface area (TPSA) is 60.2 Å². The number of benzene rings is 1. The van der Waals surface area contributed by atoms with Crippen LogP contribution >= 0.6 is 11.3 Å². The highest BCUT2D eigenvalue weighted by atomic mass is 32.1. The summed E-state index contributed by atoms with van der Waals surface area (Å²) in [4.78, 5) is 4.19. The fraction of sp³-hybridized carbons (Fsp3) is 0.182. The maximum atomic E-state index is 5.88. The maximum absolute atomic E-state index is 5.88. The number of anilines is 2. The van der Waals surface area contributed by atoms with Crippen LogP contribution in [0.5, 0.6) is 5.75 Å². The lowest BCUT2D eigenvalue weighted by Gasteiger charge is -2.09. The van der Waals surface area contributed by atoms with E-state index in [1.54, 1.807) is 30.7 Å². The summed E-state index contributed by atoms with van der Waals surface area (Å²) in [6.45, 7) is 0.689. The van der Waals surface area contributed by atoms with E-state index in [0.717, 1.165) is 16.4 Å². The van der Waals surface area contributed by atoms with Gasteiger partial charge in [0.2, 0.25) is 0 Å². The van der Waals surface area contributed by atoms with Crippen molar-refractivity contribution in [2.45, 2.75) is 6.54 Å². The average molecular weight is 235 g/mol. The lowest BCUT2D eigenvalue weighted by Crippen LogP contribution is -2.02. The molecule has 0 atom stereocenters. The van der Waals surface area contributed by atoms with Crippen molar-refractivity contribution < 1.29 is 4.74 Å². The zero-order chi connectivity index (χ0) is 11.4. The second-order valence-corrected chi connectivity index (χ2v) is 4.21. The van der Waals surface area contributed by atoms with Gasteiger partial charge in [-0.3, -0.25) is 0 Å². The number of methoxy groups -OCH3 is 1. The zero-order valence-electron chi connectivity index (χ0n) is 8.93. The molecule has 0 saturated heterocycles. The van der Waals surface area contributed by atoms with Crippen molar-refractivity contribution >= 4 is 22.7 Å². The largest absolute Gasteiger partial charge is 0.497 e. The van der Waals surface area contributed by atoms with Crippen molar-refractivity contribution in [3.8, 4) is 5.75 Å². The Morgan fingerprint density at radius 1 is 1.50 bits per heavy atom. The summed E-state index contributed by atoms with van der Waals surface area (Å²) in [5.74, 6) is 0.761. The molecule has 1 heterocycles. The number of nitrogen functional groups attached to an aromatic ring is 1. The first-order valence-electron chi connectivity index (χ1n) is 4.85. The number of hydrogen-bond donors (Lipinski definition) is 2. The highest BCUT2D eigenvalue weighted by Crippen LogP contribution is 2.24. The van der Waals surface area contributed by atoms with Crippen molar-refractivity contribution in [3.63, 3.8) is 0 Å². The minimum absolute atomic E-state index is 0.677. The number of rotatable bonds is 4. The van der Waals surface area contributed by atoms with Crippen LogP contribution in [0.15, 0.2) is 29.8 Å². The lowest BCUT2D eigenvalue weighted by molar-refractivity contribution is 0.415. The molecular formula is C11H13N3OS. The van der Waals surface area contributed by atoms with E-state index >= 15 is 0 Å². The van der Waals surface area contributed by atoms with Crippen LogP contribution in [-0.4, -0.2) is 12.1 Å². The van der Waals surface area contributed by atoms with E-state index in [-0.39, 0.29) is 0 Å². The highest BCUT2D eigenvalue weighted by molar-refractivity contribution is 7.09. The highest BCUT2D eigenvalue weighted by Gasteiger charge is 2.01. The number of hydrogen-bond acceptors (Lipinski definition) is 5. The van der Waals surface area contributed by atoms with E-state index < -0.39 is 0 Å². The van der Waals surface area contributed by atoms with Crippen LogP contribution in [0.2, 0.25) is 0 Å². The molecule has 0 unspecified atom stereocenters. The Morgan fingerprint density at radius 2 is 2.38 bits per heavy atom. The molecule has 4 nitrogen and oxygen atoms in total. The van der Waals surface area contributed by atoms with Gasteiger partial charge in [0.05, 0.1) is 25.0 Å². The van der Waals surface area contributed by atoms with Gasteiger partial charge in [-0.05, 0) is 12.1 Å². The van der Waals surface area contributed by atoms with Gasteiger partial charge in [-0.2, -0.15) is 0 Å². The number of nitrogens with two attached hydrogens (primary N) is 1. The van der Waals surface area contributed by atoms with Crippen LogP contribution in [-0.2, 0) is 6.54 Å². The third kappa shape index (κ3) is 2.43. The molecule has 5 heteroatoms. The molecular weight excluding hydrogens is 222 g/mol. The molecule has 0 bridgehead atoms. The molecule has 3 N–H and O–H groups in total. The average Bonchev–Trinajstić information content (AvgIpc) is 2.80. The summed E-state index contributed by atoms with van der Waals surface area (Å²) in [6.07, 6.45) is 1.79. The molecule has 0 fully saturated rings. The molecule has 16 heavy (non-hydrogen) atoms. The molecule has 0 spiro atoms. The maximum Gasteiger partial charge on any atom is 0.121 e. The normalized spacial score (nSPS) is 10.1. The second kappa shape index (κ2) is 4.85. The number of nitrogens with zero attached hydrogens (tertiary/aromatic N) is 1. The third-order valence-electron chi connectivity index (χ3n) is 2.17. The van der Waals surface area contributed by atoms with Gasteiger partial charge >= 0.3 is 0 Å². The predicted molar refractivity (Wildman–Crippen MR) is 66.8 cm³/mol. The van der Waals surface area contributed by atoms with Gasteiger partial charge in [-0.25, -0.2) is 4.98 Å². The molecule has 0 aliphatic rings. The van der Waals surface area contributed by atoms with Crippen molar-refractivity contribution in [2.24, 2.45) is 0 Å². The van der Waals surface area contributed by atoms with Crippen LogP contribution < -0.4 is 15.8 Å². The minimum Gasteiger partial charge on any atom is -0.497 e. The quantitative estimate of drug-likeness (QED) is 0.799. The van der Waals surface area contributed by atoms with Gasteiger partial charge in [0.1, 0.15) is 10.8 Å². The molecule has 0 aliphatic carbocycles. The molecule has 1 aromatic carbocycles. The van der Waals surface area contributed by atoms with E-state index in [2.05, 4.69) is 10.3 Å². The summed E-state index contributed by atoms with van der Waals surface area (Å²) in [5.41, 5.74) is 7.45. The van der Waals surface area contributed by atoms with Gasteiger partial charge in [0.15, 0.2) is 0 Å². The van der Waals surface area contributed by atoms with Crippen LogP contribution in [0.4, 0.5) is 11.4 Å². The first kappa shape index (κ1) is 10.8. The Balaban J connectivity index is 2.04. The minimum atomic E-state index is 0.677. The molecule has 0 amide bonds. The summed E-state index contributed by atoms with van der Waals surface area (Å²) < 4.78 is 5.08.